The first kappa shape index (κ1) is 22.7. The average Bonchev–Trinajstić information content (AvgIpc) is 2.47. The van der Waals surface area contributed by atoms with Crippen molar-refractivity contribution >= 4 is 17.9 Å². The topological polar surface area (TPSA) is 110 Å². The largest absolute Gasteiger partial charge is 0.478 e. The molecule has 114 valence electrons. The van der Waals surface area contributed by atoms with Gasteiger partial charge in [0.2, 0.25) is 0 Å². The van der Waals surface area contributed by atoms with Crippen LogP contribution in [-0.4, -0.2) is 48.4 Å². The molecular formula is C13H20O7. The molecule has 0 aliphatic rings. The SMILES string of the molecule is C=CC(=O)O.C=CC(=O)OC.C=CC(=O)OCCCO. The van der Waals surface area contributed by atoms with E-state index in [-0.39, 0.29) is 13.2 Å². The molecule has 0 rings (SSSR count). The van der Waals surface area contributed by atoms with Crippen LogP contribution in [0.5, 0.6) is 0 Å². The molecule has 0 aliphatic carbocycles. The molecule has 0 fully saturated rings. The number of aliphatic carboxylic acids is 1. The molecule has 20 heavy (non-hydrogen) atoms. The van der Waals surface area contributed by atoms with Gasteiger partial charge in [0.1, 0.15) is 0 Å². The van der Waals surface area contributed by atoms with E-state index >= 15 is 0 Å². The van der Waals surface area contributed by atoms with E-state index in [1.54, 1.807) is 0 Å². The van der Waals surface area contributed by atoms with Gasteiger partial charge in [-0.3, -0.25) is 0 Å². The molecule has 0 heterocycles. The monoisotopic (exact) mass is 288 g/mol. The van der Waals surface area contributed by atoms with Crippen molar-refractivity contribution in [2.75, 3.05) is 20.3 Å². The van der Waals surface area contributed by atoms with E-state index in [0.29, 0.717) is 6.42 Å². The summed E-state index contributed by atoms with van der Waals surface area (Å²) >= 11 is 0. The van der Waals surface area contributed by atoms with Crippen LogP contribution in [0.4, 0.5) is 0 Å². The Labute approximate surface area is 117 Å². The highest BCUT2D eigenvalue weighted by molar-refractivity contribution is 5.81. The molecule has 0 saturated heterocycles. The fourth-order valence-corrected chi connectivity index (χ4v) is 0.380. The fraction of sp³-hybridized carbons (Fsp3) is 0.308. The first-order valence-electron chi connectivity index (χ1n) is 5.35. The van der Waals surface area contributed by atoms with Crippen molar-refractivity contribution in [3.63, 3.8) is 0 Å². The Kier molecular flexibility index (Phi) is 21.5. The van der Waals surface area contributed by atoms with Gasteiger partial charge in [0.25, 0.3) is 0 Å². The lowest BCUT2D eigenvalue weighted by molar-refractivity contribution is -0.138. The van der Waals surface area contributed by atoms with Gasteiger partial charge in [-0.2, -0.15) is 0 Å². The molecule has 7 nitrogen and oxygen atoms in total. The summed E-state index contributed by atoms with van der Waals surface area (Å²) in [7, 11) is 1.31. The number of aliphatic hydroxyl groups is 1. The van der Waals surface area contributed by atoms with Crippen LogP contribution in [0.15, 0.2) is 38.0 Å². The molecule has 2 N–H and O–H groups in total. The molecule has 0 spiro atoms. The van der Waals surface area contributed by atoms with Gasteiger partial charge < -0.3 is 19.7 Å². The molecule has 0 aromatic rings. The van der Waals surface area contributed by atoms with Crippen LogP contribution in [0, 0.1) is 0 Å². The maximum atomic E-state index is 10.3. The summed E-state index contributed by atoms with van der Waals surface area (Å²) < 4.78 is 8.66. The predicted molar refractivity (Wildman–Crippen MR) is 72.9 cm³/mol. The van der Waals surface area contributed by atoms with Crippen LogP contribution in [0.1, 0.15) is 6.42 Å². The van der Waals surface area contributed by atoms with Crippen LogP contribution in [0.3, 0.4) is 0 Å². The van der Waals surface area contributed by atoms with Crippen molar-refractivity contribution in [3.05, 3.63) is 38.0 Å². The normalized spacial score (nSPS) is 7.50. The van der Waals surface area contributed by atoms with E-state index in [9.17, 15) is 14.4 Å². The summed E-state index contributed by atoms with van der Waals surface area (Å²) in [4.78, 5) is 29.4. The molecule has 0 atom stereocenters. The molecule has 0 aromatic carbocycles. The predicted octanol–water partition coefficient (Wildman–Crippen LogP) is 0.700. The van der Waals surface area contributed by atoms with E-state index in [2.05, 4.69) is 29.2 Å². The van der Waals surface area contributed by atoms with Crippen molar-refractivity contribution in [2.24, 2.45) is 0 Å². The zero-order valence-electron chi connectivity index (χ0n) is 11.4. The van der Waals surface area contributed by atoms with Crippen LogP contribution in [0.25, 0.3) is 0 Å². The minimum absolute atomic E-state index is 0.0461. The molecule has 0 radical (unpaired) electrons. The smallest absolute Gasteiger partial charge is 0.330 e. The fourth-order valence-electron chi connectivity index (χ4n) is 0.380. The number of carboxylic acid groups (broad SMARTS) is 1. The lowest BCUT2D eigenvalue weighted by Gasteiger charge is -1.96. The Morgan fingerprint density at radius 2 is 1.50 bits per heavy atom. The Morgan fingerprint density at radius 3 is 1.70 bits per heavy atom. The Hall–Kier alpha value is -2.41. The molecule has 0 saturated carbocycles. The second-order valence-electron chi connectivity index (χ2n) is 2.72. The van der Waals surface area contributed by atoms with Gasteiger partial charge in [-0.05, 0) is 0 Å². The number of carboxylic acids is 1. The highest BCUT2D eigenvalue weighted by atomic mass is 16.5. The quantitative estimate of drug-likeness (QED) is 0.420. The van der Waals surface area contributed by atoms with Crippen LogP contribution in [-0.2, 0) is 23.9 Å². The van der Waals surface area contributed by atoms with E-state index in [1.807, 2.05) is 0 Å². The third kappa shape index (κ3) is 29.6. The second-order valence-corrected chi connectivity index (χ2v) is 2.72. The van der Waals surface area contributed by atoms with E-state index < -0.39 is 17.9 Å². The van der Waals surface area contributed by atoms with Gasteiger partial charge in [0.05, 0.1) is 13.7 Å². The van der Waals surface area contributed by atoms with E-state index in [0.717, 1.165) is 18.2 Å². The highest BCUT2D eigenvalue weighted by Crippen LogP contribution is 1.82. The molecule has 0 amide bonds. The lowest BCUT2D eigenvalue weighted by Crippen LogP contribution is -2.02. The van der Waals surface area contributed by atoms with Crippen LogP contribution >= 0.6 is 0 Å². The number of carbonyl (C=O) groups is 3. The van der Waals surface area contributed by atoms with E-state index in [1.165, 1.54) is 7.11 Å². The van der Waals surface area contributed by atoms with Gasteiger partial charge in [0, 0.05) is 31.3 Å². The molecule has 0 aromatic heterocycles. The Morgan fingerprint density at radius 1 is 1.05 bits per heavy atom. The highest BCUT2D eigenvalue weighted by Gasteiger charge is 1.91. The van der Waals surface area contributed by atoms with Crippen molar-refractivity contribution in [1.29, 1.82) is 0 Å². The third-order valence-corrected chi connectivity index (χ3v) is 1.26. The maximum absolute atomic E-state index is 10.3. The van der Waals surface area contributed by atoms with Gasteiger partial charge in [-0.15, -0.1) is 0 Å². The summed E-state index contributed by atoms with van der Waals surface area (Å²) in [5.41, 5.74) is 0. The number of aliphatic hydroxyl groups excluding tert-OH is 1. The molecular weight excluding hydrogens is 268 g/mol. The first-order valence-corrected chi connectivity index (χ1v) is 5.35. The standard InChI is InChI=1S/C6H10O3.C4H6O2.C3H4O2/c1-2-6(8)9-5-3-4-7;1-3-4(5)6-2;1-2-3(4)5/h2,7H,1,3-5H2;3H,1H2,2H3;2H,1H2,(H,4,5). The Balaban J connectivity index is -0.000000230. The zero-order chi connectivity index (χ0) is 16.4. The average molecular weight is 288 g/mol. The summed E-state index contributed by atoms with van der Waals surface area (Å²) in [6.07, 6.45) is 3.52. The van der Waals surface area contributed by atoms with Crippen molar-refractivity contribution < 1.29 is 34.1 Å². The number of esters is 2. The number of methoxy groups -OCH3 is 1. The minimum atomic E-state index is -0.981. The summed E-state index contributed by atoms with van der Waals surface area (Å²) in [6.45, 7) is 9.63. The summed E-state index contributed by atoms with van der Waals surface area (Å²) in [5, 5.41) is 15.8. The van der Waals surface area contributed by atoms with Gasteiger partial charge >= 0.3 is 17.9 Å². The van der Waals surface area contributed by atoms with Crippen molar-refractivity contribution in [1.82, 2.24) is 0 Å². The first-order chi connectivity index (χ1) is 9.39. The number of rotatable bonds is 6. The minimum Gasteiger partial charge on any atom is -0.478 e. The van der Waals surface area contributed by atoms with Gasteiger partial charge in [-0.25, -0.2) is 14.4 Å². The van der Waals surface area contributed by atoms with Gasteiger partial charge in [0.15, 0.2) is 0 Å². The Bertz CT molecular complexity index is 321. The summed E-state index contributed by atoms with van der Waals surface area (Å²) in [5.74, 6) is -1.82. The number of ether oxygens (including phenoxy) is 2. The number of hydrogen-bond donors (Lipinski definition) is 2. The molecule has 0 bridgehead atoms. The van der Waals surface area contributed by atoms with Crippen LogP contribution < -0.4 is 0 Å². The molecule has 0 aliphatic heterocycles. The molecule has 0 unspecified atom stereocenters. The van der Waals surface area contributed by atoms with Gasteiger partial charge in [-0.1, -0.05) is 19.7 Å². The van der Waals surface area contributed by atoms with Crippen LogP contribution in [0.2, 0.25) is 0 Å². The van der Waals surface area contributed by atoms with Crippen molar-refractivity contribution in [2.45, 2.75) is 6.42 Å². The number of carbonyl (C=O) groups excluding carboxylic acids is 2. The second kappa shape index (κ2) is 18.9. The van der Waals surface area contributed by atoms with Crippen molar-refractivity contribution in [3.8, 4) is 0 Å². The molecule has 7 heteroatoms. The van der Waals surface area contributed by atoms with E-state index in [4.69, 9.17) is 10.2 Å². The number of hydrogen-bond acceptors (Lipinski definition) is 6. The lowest BCUT2D eigenvalue weighted by atomic mass is 10.5. The summed E-state index contributed by atoms with van der Waals surface area (Å²) in [6, 6.07) is 0. The zero-order valence-corrected chi connectivity index (χ0v) is 11.4. The third-order valence-electron chi connectivity index (χ3n) is 1.26. The maximum Gasteiger partial charge on any atom is 0.330 e.